The number of nitrogens with zero attached hydrogens (tertiary/aromatic N) is 1. The first-order chi connectivity index (χ1) is 17.7. The minimum Gasteiger partial charge on any atom is -0.490 e. The summed E-state index contributed by atoms with van der Waals surface area (Å²) in [5.74, 6) is 0.468. The van der Waals surface area contributed by atoms with Crippen LogP contribution >= 0.6 is 0 Å². The van der Waals surface area contributed by atoms with Crippen LogP contribution in [0.2, 0.25) is 0 Å². The van der Waals surface area contributed by atoms with E-state index in [2.05, 4.69) is 41.0 Å². The normalized spacial score (nSPS) is 15.7. The highest BCUT2D eigenvalue weighted by molar-refractivity contribution is 5.99. The van der Waals surface area contributed by atoms with E-state index >= 15 is 0 Å². The molecule has 0 atom stereocenters. The molecule has 4 aromatic rings. The van der Waals surface area contributed by atoms with Gasteiger partial charge in [0.05, 0.1) is 24.4 Å². The molecule has 0 amide bonds. The van der Waals surface area contributed by atoms with Crippen LogP contribution in [0.5, 0.6) is 5.75 Å². The Bertz CT molecular complexity index is 1440. The lowest BCUT2D eigenvalue weighted by atomic mass is 9.81. The smallest absolute Gasteiger partial charge is 0.335 e. The van der Waals surface area contributed by atoms with Crippen LogP contribution in [0.4, 0.5) is 0 Å². The second-order valence-electron chi connectivity index (χ2n) is 9.91. The number of methoxy groups -OCH3 is 1. The number of hydrogen-bond acceptors (Lipinski definition) is 3. The Morgan fingerprint density at radius 2 is 1.78 bits per heavy atom. The number of carbonyl (C=O) groups is 1. The maximum Gasteiger partial charge on any atom is 0.335 e. The average molecular weight is 482 g/mol. The lowest BCUT2D eigenvalue weighted by Crippen LogP contribution is -2.07. The fourth-order valence-corrected chi connectivity index (χ4v) is 6.23. The summed E-state index contributed by atoms with van der Waals surface area (Å²) in [6.45, 7) is 1.73. The molecule has 2 aliphatic rings. The zero-order valence-corrected chi connectivity index (χ0v) is 20.6. The summed E-state index contributed by atoms with van der Waals surface area (Å²) in [4.78, 5) is 11.8. The number of fused-ring (bicyclic) bond motifs is 5. The van der Waals surface area contributed by atoms with Gasteiger partial charge in [0.25, 0.3) is 0 Å². The fraction of sp³-hybridized carbons (Fsp3) is 0.323. The number of carboxylic acid groups (broad SMARTS) is 1. The molecule has 0 radical (unpaired) electrons. The van der Waals surface area contributed by atoms with Gasteiger partial charge in [0.15, 0.2) is 0 Å². The molecule has 2 heterocycles. The Kier molecular flexibility index (Phi) is 6.02. The van der Waals surface area contributed by atoms with Crippen LogP contribution in [0.3, 0.4) is 0 Å². The summed E-state index contributed by atoms with van der Waals surface area (Å²) in [6, 6.07) is 20.4. The summed E-state index contributed by atoms with van der Waals surface area (Å²) in [6.07, 6.45) is 6.09. The molecule has 0 unspecified atom stereocenters. The van der Waals surface area contributed by atoms with Crippen LogP contribution in [-0.2, 0) is 17.9 Å². The molecule has 0 saturated heterocycles. The Morgan fingerprint density at radius 1 is 1.00 bits per heavy atom. The molecule has 1 aliphatic carbocycles. The van der Waals surface area contributed by atoms with E-state index in [1.165, 1.54) is 48.7 Å². The van der Waals surface area contributed by atoms with Crippen molar-refractivity contribution in [2.75, 3.05) is 13.7 Å². The predicted octanol–water partition coefficient (Wildman–Crippen LogP) is 7.26. The lowest BCUT2D eigenvalue weighted by molar-refractivity contribution is 0.0697. The van der Waals surface area contributed by atoms with Gasteiger partial charge in [-0.1, -0.05) is 61.7 Å². The van der Waals surface area contributed by atoms with Gasteiger partial charge in [0.2, 0.25) is 0 Å². The van der Waals surface area contributed by atoms with Crippen molar-refractivity contribution in [1.82, 2.24) is 4.57 Å². The van der Waals surface area contributed by atoms with Crippen LogP contribution in [0.1, 0.15) is 59.5 Å². The summed E-state index contributed by atoms with van der Waals surface area (Å²) < 4.78 is 14.3. The second kappa shape index (κ2) is 9.47. The highest BCUT2D eigenvalue weighted by atomic mass is 16.5. The van der Waals surface area contributed by atoms with Gasteiger partial charge < -0.3 is 19.1 Å². The molecular weight excluding hydrogens is 450 g/mol. The summed E-state index contributed by atoms with van der Waals surface area (Å²) >= 11 is 0. The largest absolute Gasteiger partial charge is 0.490 e. The van der Waals surface area contributed by atoms with Gasteiger partial charge >= 0.3 is 5.97 Å². The Morgan fingerprint density at radius 3 is 2.58 bits per heavy atom. The van der Waals surface area contributed by atoms with Crippen molar-refractivity contribution in [2.24, 2.45) is 0 Å². The third-order valence-electron chi connectivity index (χ3n) is 7.80. The molecule has 0 spiro atoms. The van der Waals surface area contributed by atoms with E-state index in [0.29, 0.717) is 31.2 Å². The molecule has 0 bridgehead atoms. The van der Waals surface area contributed by atoms with Gasteiger partial charge in [0, 0.05) is 29.1 Å². The third-order valence-corrected chi connectivity index (χ3v) is 7.80. The second-order valence-corrected chi connectivity index (χ2v) is 9.91. The molecular formula is C31H31NO4. The number of aromatic nitrogens is 1. The van der Waals surface area contributed by atoms with Crippen LogP contribution in [0.15, 0.2) is 60.7 Å². The topological polar surface area (TPSA) is 60.7 Å². The molecule has 36 heavy (non-hydrogen) atoms. The zero-order chi connectivity index (χ0) is 24.6. The number of benzene rings is 3. The Balaban J connectivity index is 1.63. The molecule has 1 aliphatic heterocycles. The number of para-hydroxylation sites is 1. The highest BCUT2D eigenvalue weighted by Gasteiger charge is 2.30. The van der Waals surface area contributed by atoms with Gasteiger partial charge in [-0.05, 0) is 53.6 Å². The van der Waals surface area contributed by atoms with Crippen molar-refractivity contribution in [3.05, 3.63) is 77.4 Å². The van der Waals surface area contributed by atoms with Gasteiger partial charge in [-0.3, -0.25) is 0 Å². The number of rotatable bonds is 5. The molecule has 3 aromatic carbocycles. The van der Waals surface area contributed by atoms with E-state index in [1.807, 2.05) is 18.2 Å². The molecule has 1 N–H and O–H groups in total. The van der Waals surface area contributed by atoms with E-state index in [4.69, 9.17) is 9.47 Å². The third kappa shape index (κ3) is 3.79. The van der Waals surface area contributed by atoms with Crippen LogP contribution in [-0.4, -0.2) is 29.4 Å². The number of carboxylic acids is 1. The van der Waals surface area contributed by atoms with E-state index in [0.717, 1.165) is 33.5 Å². The maximum atomic E-state index is 11.8. The quantitative estimate of drug-likeness (QED) is 0.326. The van der Waals surface area contributed by atoms with Crippen molar-refractivity contribution in [3.63, 3.8) is 0 Å². The van der Waals surface area contributed by atoms with Crippen molar-refractivity contribution >= 4 is 16.9 Å². The van der Waals surface area contributed by atoms with Crippen LogP contribution < -0.4 is 4.74 Å². The van der Waals surface area contributed by atoms with E-state index in [1.54, 1.807) is 13.2 Å². The van der Waals surface area contributed by atoms with E-state index < -0.39 is 5.97 Å². The molecule has 5 nitrogen and oxygen atoms in total. The molecule has 5 heteroatoms. The van der Waals surface area contributed by atoms with E-state index in [9.17, 15) is 9.90 Å². The van der Waals surface area contributed by atoms with Crippen molar-refractivity contribution in [1.29, 1.82) is 0 Å². The zero-order valence-electron chi connectivity index (χ0n) is 20.6. The number of hydrogen-bond donors (Lipinski definition) is 1. The number of aromatic carboxylic acids is 1. The van der Waals surface area contributed by atoms with Crippen molar-refractivity contribution in [3.8, 4) is 28.1 Å². The van der Waals surface area contributed by atoms with Gasteiger partial charge in [-0.2, -0.15) is 0 Å². The minimum atomic E-state index is -0.894. The van der Waals surface area contributed by atoms with Crippen LogP contribution in [0.25, 0.3) is 33.3 Å². The predicted molar refractivity (Wildman–Crippen MR) is 142 cm³/mol. The van der Waals surface area contributed by atoms with Gasteiger partial charge in [0.1, 0.15) is 12.4 Å². The summed E-state index contributed by atoms with van der Waals surface area (Å²) in [5.41, 5.74) is 8.27. The maximum absolute atomic E-state index is 11.8. The first kappa shape index (κ1) is 22.9. The fourth-order valence-electron chi connectivity index (χ4n) is 6.23. The molecule has 1 aromatic heterocycles. The highest BCUT2D eigenvalue weighted by Crippen LogP contribution is 2.49. The number of ether oxygens (including phenoxy) is 2. The standard InChI is InChI=1S/C31H31NO4/c1-35-19-22-10-5-6-11-23(22)24-12-7-13-26-29-28(20-8-3-2-4-9-20)25-15-14-21(31(33)34)18-27(25)32(29)16-17-36-30(24)26/h5-7,10-15,18,20H,2-4,8-9,16-17,19H2,1H3,(H,33,34). The molecule has 1 saturated carbocycles. The van der Waals surface area contributed by atoms with Gasteiger partial charge in [-0.25, -0.2) is 4.79 Å². The van der Waals surface area contributed by atoms with Crippen molar-refractivity contribution in [2.45, 2.75) is 51.2 Å². The minimum absolute atomic E-state index is 0.325. The van der Waals surface area contributed by atoms with Crippen molar-refractivity contribution < 1.29 is 19.4 Å². The first-order valence-corrected chi connectivity index (χ1v) is 12.9. The summed E-state index contributed by atoms with van der Waals surface area (Å²) in [5, 5.41) is 10.9. The monoisotopic (exact) mass is 481 g/mol. The Labute approximate surface area is 211 Å². The molecule has 1 fully saturated rings. The Hall–Kier alpha value is -3.57. The summed E-state index contributed by atoms with van der Waals surface area (Å²) in [7, 11) is 1.72. The molecule has 6 rings (SSSR count). The molecule has 184 valence electrons. The average Bonchev–Trinajstić information content (AvgIpc) is 3.10. The lowest BCUT2D eigenvalue weighted by Gasteiger charge is -2.24. The van der Waals surface area contributed by atoms with Gasteiger partial charge in [-0.15, -0.1) is 0 Å². The van der Waals surface area contributed by atoms with E-state index in [-0.39, 0.29) is 0 Å². The van der Waals surface area contributed by atoms with Crippen LogP contribution in [0, 0.1) is 0 Å². The first-order valence-electron chi connectivity index (χ1n) is 12.9. The SMILES string of the molecule is COCc1ccccc1-c1cccc2c1OCCn1c-2c(C2CCCCC2)c2ccc(C(=O)O)cc21.